The molecule has 0 bridgehead atoms. The summed E-state index contributed by atoms with van der Waals surface area (Å²) >= 11 is 0. The molecule has 1 aromatic carbocycles. The van der Waals surface area contributed by atoms with E-state index in [4.69, 9.17) is 4.74 Å². The molecule has 0 aliphatic carbocycles. The van der Waals surface area contributed by atoms with Gasteiger partial charge in [-0.25, -0.2) is 0 Å². The number of benzene rings is 1. The molecular weight excluding hydrogens is 382 g/mol. The minimum Gasteiger partial charge on any atom is -0.471 e. The summed E-state index contributed by atoms with van der Waals surface area (Å²) in [4.78, 5) is 31.0. The summed E-state index contributed by atoms with van der Waals surface area (Å²) < 4.78 is 5.98. The second kappa shape index (κ2) is 8.69. The van der Waals surface area contributed by atoms with Crippen molar-refractivity contribution in [3.63, 3.8) is 0 Å². The van der Waals surface area contributed by atoms with Gasteiger partial charge in [-0.05, 0) is 31.0 Å². The number of nitrogens with zero attached hydrogens (tertiary/aromatic N) is 5. The quantitative estimate of drug-likeness (QED) is 0.751. The molecule has 30 heavy (non-hydrogen) atoms. The van der Waals surface area contributed by atoms with E-state index >= 15 is 0 Å². The molecule has 2 fully saturated rings. The van der Waals surface area contributed by atoms with Gasteiger partial charge >= 0.3 is 0 Å². The van der Waals surface area contributed by atoms with E-state index in [0.717, 1.165) is 24.3 Å². The number of anilines is 2. The molecule has 158 valence electrons. The van der Waals surface area contributed by atoms with Gasteiger partial charge in [0.2, 0.25) is 17.7 Å². The Bertz CT molecular complexity index is 887. The highest BCUT2D eigenvalue weighted by Gasteiger charge is 2.38. The van der Waals surface area contributed by atoms with Crippen molar-refractivity contribution < 1.29 is 14.3 Å². The number of carbonyl (C=O) groups is 2. The number of rotatable bonds is 5. The van der Waals surface area contributed by atoms with Gasteiger partial charge < -0.3 is 19.4 Å². The van der Waals surface area contributed by atoms with Crippen molar-refractivity contribution in [1.82, 2.24) is 15.1 Å². The molecule has 1 aromatic heterocycles. The molecule has 8 heteroatoms. The predicted molar refractivity (Wildman–Crippen MR) is 113 cm³/mol. The van der Waals surface area contributed by atoms with Crippen LogP contribution in [0.15, 0.2) is 42.5 Å². The smallest absolute Gasteiger partial charge is 0.233 e. The van der Waals surface area contributed by atoms with Crippen molar-refractivity contribution in [2.75, 3.05) is 43.5 Å². The van der Waals surface area contributed by atoms with Crippen LogP contribution in [0.1, 0.15) is 19.3 Å². The van der Waals surface area contributed by atoms with Crippen molar-refractivity contribution in [2.24, 2.45) is 5.92 Å². The summed E-state index contributed by atoms with van der Waals surface area (Å²) in [5, 5.41) is 8.26. The van der Waals surface area contributed by atoms with Crippen LogP contribution in [-0.2, 0) is 9.59 Å². The number of ether oxygens (including phenoxy) is 1. The van der Waals surface area contributed by atoms with Gasteiger partial charge in [0.05, 0.1) is 12.5 Å². The number of amides is 2. The molecule has 0 radical (unpaired) electrons. The van der Waals surface area contributed by atoms with Crippen molar-refractivity contribution in [3.05, 3.63) is 42.5 Å². The molecule has 2 amide bonds. The summed E-state index contributed by atoms with van der Waals surface area (Å²) in [6.45, 7) is 1.63. The zero-order valence-electron chi connectivity index (χ0n) is 17.4. The van der Waals surface area contributed by atoms with Crippen LogP contribution in [0, 0.1) is 5.92 Å². The molecule has 3 heterocycles. The van der Waals surface area contributed by atoms with Crippen LogP contribution in [0.4, 0.5) is 11.5 Å². The molecule has 2 aliphatic heterocycles. The normalized spacial score (nSPS) is 21.6. The number of para-hydroxylation sites is 1. The van der Waals surface area contributed by atoms with Crippen molar-refractivity contribution in [2.45, 2.75) is 25.4 Å². The van der Waals surface area contributed by atoms with Gasteiger partial charge in [-0.2, -0.15) is 0 Å². The zero-order chi connectivity index (χ0) is 21.1. The monoisotopic (exact) mass is 409 g/mol. The zero-order valence-corrected chi connectivity index (χ0v) is 17.4. The SMILES string of the molecule is CN(C)c1ccc(OC2CCCN(C(=O)C3CC(=O)N(c4ccccc4)C3)C2)nn1. The number of carbonyl (C=O) groups excluding carboxylic acids is 2. The lowest BCUT2D eigenvalue weighted by Crippen LogP contribution is -2.47. The summed E-state index contributed by atoms with van der Waals surface area (Å²) in [5.41, 5.74) is 0.845. The molecule has 0 saturated carbocycles. The maximum Gasteiger partial charge on any atom is 0.233 e. The average molecular weight is 409 g/mol. The van der Waals surface area contributed by atoms with Gasteiger partial charge in [-0.1, -0.05) is 18.2 Å². The molecule has 2 atom stereocenters. The fraction of sp³-hybridized carbons (Fsp3) is 0.455. The Kier molecular flexibility index (Phi) is 5.83. The van der Waals surface area contributed by atoms with Crippen LogP contribution in [0.2, 0.25) is 0 Å². The second-order valence-corrected chi connectivity index (χ2v) is 8.03. The first-order chi connectivity index (χ1) is 14.5. The van der Waals surface area contributed by atoms with Crippen LogP contribution in [0.3, 0.4) is 0 Å². The number of hydrogen-bond acceptors (Lipinski definition) is 6. The van der Waals surface area contributed by atoms with Crippen molar-refractivity contribution in [1.29, 1.82) is 0 Å². The highest BCUT2D eigenvalue weighted by molar-refractivity contribution is 6.00. The highest BCUT2D eigenvalue weighted by atomic mass is 16.5. The molecule has 2 saturated heterocycles. The van der Waals surface area contributed by atoms with Crippen LogP contribution < -0.4 is 14.5 Å². The molecule has 4 rings (SSSR count). The Morgan fingerprint density at radius 1 is 1.10 bits per heavy atom. The van der Waals surface area contributed by atoms with Gasteiger partial charge in [0.25, 0.3) is 0 Å². The maximum absolute atomic E-state index is 13.1. The number of piperidine rings is 1. The van der Waals surface area contributed by atoms with Crippen molar-refractivity contribution in [3.8, 4) is 5.88 Å². The van der Waals surface area contributed by atoms with E-state index in [-0.39, 0.29) is 30.3 Å². The van der Waals surface area contributed by atoms with Crippen molar-refractivity contribution >= 4 is 23.3 Å². The van der Waals surface area contributed by atoms with E-state index in [1.807, 2.05) is 60.3 Å². The molecule has 2 unspecified atom stereocenters. The summed E-state index contributed by atoms with van der Waals surface area (Å²) in [5.74, 6) is 0.947. The Balaban J connectivity index is 1.36. The summed E-state index contributed by atoms with van der Waals surface area (Å²) in [6, 6.07) is 13.2. The third-order valence-electron chi connectivity index (χ3n) is 5.60. The first-order valence-electron chi connectivity index (χ1n) is 10.3. The molecule has 2 aromatic rings. The molecule has 8 nitrogen and oxygen atoms in total. The Hall–Kier alpha value is -3.16. The third-order valence-corrected chi connectivity index (χ3v) is 5.60. The van der Waals surface area contributed by atoms with Crippen LogP contribution in [0.5, 0.6) is 5.88 Å². The third kappa shape index (κ3) is 4.37. The second-order valence-electron chi connectivity index (χ2n) is 8.03. The predicted octanol–water partition coefficient (Wildman–Crippen LogP) is 1.97. The Morgan fingerprint density at radius 2 is 1.90 bits per heavy atom. The van der Waals surface area contributed by atoms with E-state index in [1.54, 1.807) is 11.0 Å². The van der Waals surface area contributed by atoms with Crippen LogP contribution in [0.25, 0.3) is 0 Å². The van der Waals surface area contributed by atoms with Gasteiger partial charge in [-0.15, -0.1) is 10.2 Å². The van der Waals surface area contributed by atoms with Gasteiger partial charge in [0.15, 0.2) is 5.82 Å². The largest absolute Gasteiger partial charge is 0.471 e. The first kappa shape index (κ1) is 20.1. The highest BCUT2D eigenvalue weighted by Crippen LogP contribution is 2.27. The van der Waals surface area contributed by atoms with E-state index in [9.17, 15) is 9.59 Å². The fourth-order valence-electron chi connectivity index (χ4n) is 4.01. The molecule has 0 spiro atoms. The minimum absolute atomic E-state index is 0.000570. The summed E-state index contributed by atoms with van der Waals surface area (Å²) in [6.07, 6.45) is 1.86. The lowest BCUT2D eigenvalue weighted by molar-refractivity contribution is -0.138. The van der Waals surface area contributed by atoms with Gasteiger partial charge in [0, 0.05) is 45.4 Å². The Labute approximate surface area is 176 Å². The lowest BCUT2D eigenvalue weighted by atomic mass is 10.0. The standard InChI is InChI=1S/C22H27N5O3/c1-25(2)19-10-11-20(24-23-19)30-18-9-6-12-26(15-18)22(29)16-13-21(28)27(14-16)17-7-4-3-5-8-17/h3-5,7-8,10-11,16,18H,6,9,12-15H2,1-2H3. The van der Waals surface area contributed by atoms with E-state index in [1.165, 1.54) is 0 Å². The molecular formula is C22H27N5O3. The average Bonchev–Trinajstić information content (AvgIpc) is 3.16. The van der Waals surface area contributed by atoms with E-state index in [2.05, 4.69) is 10.2 Å². The van der Waals surface area contributed by atoms with Crippen LogP contribution in [-0.4, -0.2) is 66.7 Å². The minimum atomic E-state index is -0.310. The fourth-order valence-corrected chi connectivity index (χ4v) is 4.01. The number of aromatic nitrogens is 2. The van der Waals surface area contributed by atoms with E-state index < -0.39 is 0 Å². The summed E-state index contributed by atoms with van der Waals surface area (Å²) in [7, 11) is 3.81. The molecule has 2 aliphatic rings. The first-order valence-corrected chi connectivity index (χ1v) is 10.3. The lowest BCUT2D eigenvalue weighted by Gasteiger charge is -2.34. The molecule has 0 N–H and O–H groups in total. The van der Waals surface area contributed by atoms with Crippen LogP contribution >= 0.6 is 0 Å². The number of likely N-dealkylation sites (tertiary alicyclic amines) is 1. The maximum atomic E-state index is 13.1. The number of hydrogen-bond donors (Lipinski definition) is 0. The van der Waals surface area contributed by atoms with Gasteiger partial charge in [0.1, 0.15) is 6.10 Å². The Morgan fingerprint density at radius 3 is 2.60 bits per heavy atom. The van der Waals surface area contributed by atoms with Gasteiger partial charge in [-0.3, -0.25) is 9.59 Å². The topological polar surface area (TPSA) is 78.9 Å². The van der Waals surface area contributed by atoms with E-state index in [0.29, 0.717) is 25.5 Å².